The van der Waals surface area contributed by atoms with E-state index in [-0.39, 0.29) is 18.5 Å². The highest BCUT2D eigenvalue weighted by atomic mass is 16.6. The minimum absolute atomic E-state index is 0.122. The van der Waals surface area contributed by atoms with Crippen LogP contribution in [0.2, 0.25) is 0 Å². The SMILES string of the molecule is CCCCCCCCC(CCCCCC)CC(=O)OCC(CN(CCOCc1ccccc1)C1CCC1)OC(=O)CC(CCCCCC)CCCCCCCC. The van der Waals surface area contributed by atoms with E-state index in [4.69, 9.17) is 14.2 Å². The molecule has 56 heavy (non-hydrogen) atoms. The van der Waals surface area contributed by atoms with E-state index in [0.717, 1.165) is 45.1 Å². The molecule has 0 N–H and O–H groups in total. The lowest BCUT2D eigenvalue weighted by molar-refractivity contribution is -0.162. The Morgan fingerprint density at radius 2 is 1.09 bits per heavy atom. The van der Waals surface area contributed by atoms with Crippen LogP contribution < -0.4 is 0 Å². The van der Waals surface area contributed by atoms with E-state index >= 15 is 0 Å². The molecule has 3 unspecified atom stereocenters. The van der Waals surface area contributed by atoms with Gasteiger partial charge in [0, 0.05) is 32.0 Å². The van der Waals surface area contributed by atoms with Crippen molar-refractivity contribution in [3.05, 3.63) is 35.9 Å². The van der Waals surface area contributed by atoms with Gasteiger partial charge in [0.1, 0.15) is 12.7 Å². The summed E-state index contributed by atoms with van der Waals surface area (Å²) in [6.45, 7) is 11.7. The molecule has 1 aromatic carbocycles. The first-order valence-electron chi connectivity index (χ1n) is 24.2. The Labute approximate surface area is 346 Å². The van der Waals surface area contributed by atoms with Crippen molar-refractivity contribution >= 4 is 11.9 Å². The topological polar surface area (TPSA) is 65.1 Å². The second-order valence-electron chi connectivity index (χ2n) is 17.4. The average molecular weight is 784 g/mol. The third-order valence-corrected chi connectivity index (χ3v) is 12.2. The molecule has 1 aromatic rings. The molecule has 0 spiro atoms. The maximum atomic E-state index is 13.8. The summed E-state index contributed by atoms with van der Waals surface area (Å²) >= 11 is 0. The van der Waals surface area contributed by atoms with E-state index in [1.807, 2.05) is 18.2 Å². The highest BCUT2D eigenvalue weighted by molar-refractivity contribution is 5.70. The fourth-order valence-corrected chi connectivity index (χ4v) is 8.30. The van der Waals surface area contributed by atoms with Gasteiger partial charge in [-0.3, -0.25) is 14.5 Å². The van der Waals surface area contributed by atoms with Gasteiger partial charge in [-0.25, -0.2) is 0 Å². The van der Waals surface area contributed by atoms with E-state index in [0.29, 0.717) is 50.5 Å². The van der Waals surface area contributed by atoms with Crippen LogP contribution in [0, 0.1) is 11.8 Å². The quantitative estimate of drug-likeness (QED) is 0.0489. The first kappa shape index (κ1) is 50.2. The van der Waals surface area contributed by atoms with Crippen molar-refractivity contribution in [3.63, 3.8) is 0 Å². The number of esters is 2. The summed E-state index contributed by atoms with van der Waals surface area (Å²) in [5, 5.41) is 0. The second-order valence-corrected chi connectivity index (χ2v) is 17.4. The van der Waals surface area contributed by atoms with Gasteiger partial charge in [-0.1, -0.05) is 193 Å². The van der Waals surface area contributed by atoms with Crippen molar-refractivity contribution in [1.82, 2.24) is 4.90 Å². The summed E-state index contributed by atoms with van der Waals surface area (Å²) < 4.78 is 18.5. The van der Waals surface area contributed by atoms with E-state index in [9.17, 15) is 9.59 Å². The lowest BCUT2D eigenvalue weighted by Gasteiger charge is -2.39. The summed E-state index contributed by atoms with van der Waals surface area (Å²) in [7, 11) is 0. The molecule has 6 heteroatoms. The number of carbonyl (C=O) groups excluding carboxylic acids is 2. The van der Waals surface area contributed by atoms with Crippen LogP contribution in [-0.2, 0) is 30.4 Å². The number of ether oxygens (including phenoxy) is 3. The van der Waals surface area contributed by atoms with Gasteiger partial charge in [0.2, 0.25) is 0 Å². The Morgan fingerprint density at radius 3 is 1.57 bits per heavy atom. The first-order valence-corrected chi connectivity index (χ1v) is 24.2. The first-order chi connectivity index (χ1) is 27.5. The number of benzene rings is 1. The van der Waals surface area contributed by atoms with Crippen LogP contribution in [0.15, 0.2) is 30.3 Å². The normalized spacial score (nSPS) is 14.7. The molecule has 0 aliphatic heterocycles. The summed E-state index contributed by atoms with van der Waals surface area (Å²) in [5.41, 5.74) is 1.17. The van der Waals surface area contributed by atoms with E-state index in [2.05, 4.69) is 44.7 Å². The van der Waals surface area contributed by atoms with Gasteiger partial charge in [-0.15, -0.1) is 0 Å². The Balaban J connectivity index is 2.07. The van der Waals surface area contributed by atoms with Crippen molar-refractivity contribution in [1.29, 1.82) is 0 Å². The zero-order valence-electron chi connectivity index (χ0n) is 37.2. The number of nitrogens with zero attached hydrogens (tertiary/aromatic N) is 1. The zero-order chi connectivity index (χ0) is 40.3. The van der Waals surface area contributed by atoms with Crippen molar-refractivity contribution in [2.24, 2.45) is 11.8 Å². The van der Waals surface area contributed by atoms with Gasteiger partial charge in [-0.2, -0.15) is 0 Å². The maximum Gasteiger partial charge on any atom is 0.306 e. The molecule has 1 aliphatic carbocycles. The number of hydrogen-bond donors (Lipinski definition) is 0. The van der Waals surface area contributed by atoms with Crippen LogP contribution in [0.3, 0.4) is 0 Å². The van der Waals surface area contributed by atoms with Gasteiger partial charge >= 0.3 is 11.9 Å². The largest absolute Gasteiger partial charge is 0.462 e. The van der Waals surface area contributed by atoms with Crippen molar-refractivity contribution in [2.75, 3.05) is 26.3 Å². The molecule has 0 saturated heterocycles. The monoisotopic (exact) mass is 784 g/mol. The van der Waals surface area contributed by atoms with Crippen LogP contribution in [0.1, 0.15) is 219 Å². The minimum atomic E-state index is -0.475. The Hall–Kier alpha value is -1.92. The summed E-state index contributed by atoms with van der Waals surface area (Å²) in [5.74, 6) is 0.479. The Kier molecular flexibility index (Phi) is 31.4. The van der Waals surface area contributed by atoms with Gasteiger partial charge in [0.25, 0.3) is 0 Å². The molecule has 0 heterocycles. The van der Waals surface area contributed by atoms with Gasteiger partial charge in [-0.05, 0) is 55.9 Å². The highest BCUT2D eigenvalue weighted by Gasteiger charge is 2.30. The molecule has 0 bridgehead atoms. The molecule has 2 rings (SSSR count). The predicted octanol–water partition coefficient (Wildman–Crippen LogP) is 14.0. The van der Waals surface area contributed by atoms with Gasteiger partial charge < -0.3 is 14.2 Å². The van der Waals surface area contributed by atoms with Crippen LogP contribution in [0.5, 0.6) is 0 Å². The smallest absolute Gasteiger partial charge is 0.306 e. The molecule has 3 atom stereocenters. The molecule has 0 radical (unpaired) electrons. The van der Waals surface area contributed by atoms with Crippen LogP contribution in [0.25, 0.3) is 0 Å². The van der Waals surface area contributed by atoms with Crippen molar-refractivity contribution < 1.29 is 23.8 Å². The fraction of sp³-hybridized carbons (Fsp3) is 0.840. The molecular weight excluding hydrogens is 695 g/mol. The summed E-state index contributed by atoms with van der Waals surface area (Å²) in [6.07, 6.45) is 33.4. The Bertz CT molecular complexity index is 1050. The van der Waals surface area contributed by atoms with Gasteiger partial charge in [0.15, 0.2) is 0 Å². The van der Waals surface area contributed by atoms with E-state index < -0.39 is 6.10 Å². The molecule has 1 aliphatic rings. The van der Waals surface area contributed by atoms with E-state index in [1.54, 1.807) is 0 Å². The number of rotatable bonds is 39. The van der Waals surface area contributed by atoms with E-state index in [1.165, 1.54) is 140 Å². The van der Waals surface area contributed by atoms with Crippen LogP contribution >= 0.6 is 0 Å². The third-order valence-electron chi connectivity index (χ3n) is 12.2. The summed E-state index contributed by atoms with van der Waals surface area (Å²) in [6, 6.07) is 10.8. The molecule has 1 saturated carbocycles. The lowest BCUT2D eigenvalue weighted by atomic mass is 9.91. The number of hydrogen-bond acceptors (Lipinski definition) is 6. The molecule has 324 valence electrons. The van der Waals surface area contributed by atoms with Crippen molar-refractivity contribution in [3.8, 4) is 0 Å². The average Bonchev–Trinajstić information content (AvgIpc) is 3.17. The predicted molar refractivity (Wildman–Crippen MR) is 236 cm³/mol. The minimum Gasteiger partial charge on any atom is -0.462 e. The molecule has 6 nitrogen and oxygen atoms in total. The second kappa shape index (κ2) is 35.1. The molecular formula is C50H89NO5. The van der Waals surface area contributed by atoms with Gasteiger partial charge in [0.05, 0.1) is 13.2 Å². The molecule has 0 aromatic heterocycles. The summed E-state index contributed by atoms with van der Waals surface area (Å²) in [4.78, 5) is 29.7. The van der Waals surface area contributed by atoms with Crippen LogP contribution in [0.4, 0.5) is 0 Å². The highest BCUT2D eigenvalue weighted by Crippen LogP contribution is 2.27. The Morgan fingerprint density at radius 1 is 0.625 bits per heavy atom. The van der Waals surface area contributed by atoms with Crippen molar-refractivity contribution in [2.45, 2.75) is 233 Å². The standard InChI is InChI=1S/C50H89NO5/c1-5-9-13-17-19-24-31-44(29-22-15-11-7-3)39-49(52)55-43-48(41-51(47-35-28-36-47)37-38-54-42-46-33-26-21-27-34-46)56-50(53)40-45(30-23-16-12-8-4)32-25-20-18-14-10-6-2/h21,26-27,33-34,44-45,47-48H,5-20,22-25,28-32,35-43H2,1-4H3. The third kappa shape index (κ3) is 26.2. The molecule has 1 fully saturated rings. The zero-order valence-corrected chi connectivity index (χ0v) is 37.2. The maximum absolute atomic E-state index is 13.8. The number of carbonyl (C=O) groups is 2. The lowest BCUT2D eigenvalue weighted by Crippen LogP contribution is -2.47. The number of unbranched alkanes of at least 4 members (excludes halogenated alkanes) is 16. The fourth-order valence-electron chi connectivity index (χ4n) is 8.30. The molecule has 0 amide bonds. The van der Waals surface area contributed by atoms with Crippen LogP contribution in [-0.4, -0.2) is 55.3 Å².